The number of carbonyl (C=O) groups is 1. The Balaban J connectivity index is 2.70. The van der Waals surface area contributed by atoms with Gasteiger partial charge in [-0.25, -0.2) is 0 Å². The SMILES string of the molecule is CCCC(=O)CS(=O)c1ccccc1Cl. The van der Waals surface area contributed by atoms with E-state index >= 15 is 0 Å². The summed E-state index contributed by atoms with van der Waals surface area (Å²) in [6.07, 6.45) is 1.27. The van der Waals surface area contributed by atoms with Crippen LogP contribution in [0.25, 0.3) is 0 Å². The fourth-order valence-electron chi connectivity index (χ4n) is 1.20. The minimum Gasteiger partial charge on any atom is -0.299 e. The van der Waals surface area contributed by atoms with Gasteiger partial charge in [-0.1, -0.05) is 30.7 Å². The van der Waals surface area contributed by atoms with Crippen LogP contribution in [0.15, 0.2) is 29.2 Å². The molecule has 15 heavy (non-hydrogen) atoms. The molecule has 1 atom stereocenters. The van der Waals surface area contributed by atoms with Crippen LogP contribution in [0.5, 0.6) is 0 Å². The summed E-state index contributed by atoms with van der Waals surface area (Å²) in [7, 11) is -1.31. The van der Waals surface area contributed by atoms with Gasteiger partial charge in [0.25, 0.3) is 0 Å². The maximum atomic E-state index is 11.8. The zero-order valence-electron chi connectivity index (χ0n) is 8.53. The summed E-state index contributed by atoms with van der Waals surface area (Å²) in [5.74, 6) is 0.0909. The molecule has 1 aromatic carbocycles. The summed E-state index contributed by atoms with van der Waals surface area (Å²) in [6.45, 7) is 1.93. The van der Waals surface area contributed by atoms with Gasteiger partial charge in [-0.05, 0) is 18.6 Å². The zero-order chi connectivity index (χ0) is 11.3. The van der Waals surface area contributed by atoms with E-state index in [-0.39, 0.29) is 11.5 Å². The van der Waals surface area contributed by atoms with Crippen LogP contribution in [0.4, 0.5) is 0 Å². The average molecular weight is 245 g/mol. The van der Waals surface area contributed by atoms with Crippen LogP contribution in [0.3, 0.4) is 0 Å². The molecular formula is C11H13ClO2S. The Morgan fingerprint density at radius 2 is 2.07 bits per heavy atom. The van der Waals surface area contributed by atoms with Crippen LogP contribution >= 0.6 is 11.6 Å². The van der Waals surface area contributed by atoms with E-state index in [2.05, 4.69) is 0 Å². The number of ketones is 1. The molecule has 1 rings (SSSR count). The van der Waals surface area contributed by atoms with E-state index in [1.54, 1.807) is 24.3 Å². The normalized spacial score (nSPS) is 12.4. The lowest BCUT2D eigenvalue weighted by atomic mass is 10.3. The van der Waals surface area contributed by atoms with Crippen LogP contribution in [0.1, 0.15) is 19.8 Å². The lowest BCUT2D eigenvalue weighted by Crippen LogP contribution is -2.10. The minimum atomic E-state index is -1.31. The molecule has 0 bridgehead atoms. The molecule has 82 valence electrons. The van der Waals surface area contributed by atoms with E-state index in [4.69, 9.17) is 11.6 Å². The largest absolute Gasteiger partial charge is 0.299 e. The lowest BCUT2D eigenvalue weighted by Gasteiger charge is -2.02. The van der Waals surface area contributed by atoms with Gasteiger partial charge in [0.15, 0.2) is 0 Å². The summed E-state index contributed by atoms with van der Waals surface area (Å²) in [5.41, 5.74) is 0. The Kier molecular flexibility index (Phi) is 4.99. The van der Waals surface area contributed by atoms with Crippen molar-refractivity contribution in [1.29, 1.82) is 0 Å². The molecule has 0 radical (unpaired) electrons. The standard InChI is InChI=1S/C11H13ClO2S/c1-2-5-9(13)8-15(14)11-7-4-3-6-10(11)12/h3-4,6-7H,2,5,8H2,1H3. The van der Waals surface area contributed by atoms with Gasteiger partial charge in [0.1, 0.15) is 5.78 Å². The van der Waals surface area contributed by atoms with Crippen molar-refractivity contribution in [3.8, 4) is 0 Å². The van der Waals surface area contributed by atoms with Crippen LogP contribution in [-0.4, -0.2) is 15.7 Å². The average Bonchev–Trinajstić information content (AvgIpc) is 2.18. The van der Waals surface area contributed by atoms with Crippen LogP contribution in [0, 0.1) is 0 Å². The van der Waals surface area contributed by atoms with Crippen LogP contribution in [0.2, 0.25) is 5.02 Å². The van der Waals surface area contributed by atoms with Gasteiger partial charge >= 0.3 is 0 Å². The highest BCUT2D eigenvalue weighted by atomic mass is 35.5. The molecule has 0 aromatic heterocycles. The summed E-state index contributed by atoms with van der Waals surface area (Å²) >= 11 is 5.88. The van der Waals surface area contributed by atoms with E-state index in [0.717, 1.165) is 6.42 Å². The minimum absolute atomic E-state index is 0.0238. The van der Waals surface area contributed by atoms with Gasteiger partial charge in [0, 0.05) is 6.42 Å². The molecule has 0 aliphatic heterocycles. The third-order valence-electron chi connectivity index (χ3n) is 1.90. The number of carbonyl (C=O) groups excluding carboxylic acids is 1. The third kappa shape index (κ3) is 3.76. The Morgan fingerprint density at radius 3 is 2.67 bits per heavy atom. The molecule has 0 saturated heterocycles. The van der Waals surface area contributed by atoms with Gasteiger partial charge in [-0.3, -0.25) is 9.00 Å². The number of hydrogen-bond acceptors (Lipinski definition) is 2. The van der Waals surface area contributed by atoms with Gasteiger partial charge in [-0.2, -0.15) is 0 Å². The van der Waals surface area contributed by atoms with Gasteiger partial charge < -0.3 is 0 Å². The van der Waals surface area contributed by atoms with Crippen molar-refractivity contribution in [2.45, 2.75) is 24.7 Å². The molecule has 4 heteroatoms. The highest BCUT2D eigenvalue weighted by Crippen LogP contribution is 2.19. The molecule has 0 spiro atoms. The number of hydrogen-bond donors (Lipinski definition) is 0. The summed E-state index contributed by atoms with van der Waals surface area (Å²) in [5, 5.41) is 0.458. The molecular weight excluding hydrogens is 232 g/mol. The van der Waals surface area contributed by atoms with Gasteiger partial charge in [-0.15, -0.1) is 0 Å². The fourth-order valence-corrected chi connectivity index (χ4v) is 2.71. The predicted octanol–water partition coefficient (Wildman–Crippen LogP) is 2.82. The predicted molar refractivity (Wildman–Crippen MR) is 62.6 cm³/mol. The van der Waals surface area contributed by atoms with E-state index in [0.29, 0.717) is 16.3 Å². The first-order chi connectivity index (χ1) is 7.15. The fraction of sp³-hybridized carbons (Fsp3) is 0.364. The van der Waals surface area contributed by atoms with Crippen molar-refractivity contribution in [1.82, 2.24) is 0 Å². The summed E-state index contributed by atoms with van der Waals surface area (Å²) in [6, 6.07) is 6.91. The molecule has 0 aliphatic carbocycles. The third-order valence-corrected chi connectivity index (χ3v) is 3.78. The second kappa shape index (κ2) is 6.03. The second-order valence-corrected chi connectivity index (χ2v) is 5.04. The molecule has 2 nitrogen and oxygen atoms in total. The molecule has 1 aromatic rings. The first-order valence-electron chi connectivity index (χ1n) is 4.79. The smallest absolute Gasteiger partial charge is 0.145 e. The molecule has 0 saturated carbocycles. The van der Waals surface area contributed by atoms with Crippen molar-refractivity contribution >= 4 is 28.2 Å². The number of rotatable bonds is 5. The van der Waals surface area contributed by atoms with Crippen molar-refractivity contribution in [3.63, 3.8) is 0 Å². The summed E-state index contributed by atoms with van der Waals surface area (Å²) < 4.78 is 11.8. The second-order valence-electron chi connectivity index (χ2n) is 3.21. The van der Waals surface area contributed by atoms with Crippen molar-refractivity contribution in [3.05, 3.63) is 29.3 Å². The monoisotopic (exact) mass is 244 g/mol. The Hall–Kier alpha value is -0.670. The van der Waals surface area contributed by atoms with Crippen molar-refractivity contribution < 1.29 is 9.00 Å². The summed E-state index contributed by atoms with van der Waals surface area (Å²) in [4.78, 5) is 11.8. The van der Waals surface area contributed by atoms with E-state index in [9.17, 15) is 9.00 Å². The van der Waals surface area contributed by atoms with E-state index < -0.39 is 10.8 Å². The Labute approximate surface area is 97.1 Å². The van der Waals surface area contributed by atoms with Gasteiger partial charge in [0.2, 0.25) is 0 Å². The van der Waals surface area contributed by atoms with E-state index in [1.807, 2.05) is 6.92 Å². The maximum absolute atomic E-state index is 11.8. The highest BCUT2D eigenvalue weighted by Gasteiger charge is 2.11. The lowest BCUT2D eigenvalue weighted by molar-refractivity contribution is -0.116. The number of Topliss-reactive ketones (excluding diaryl/α,β-unsaturated/α-hetero) is 1. The van der Waals surface area contributed by atoms with Crippen LogP contribution in [-0.2, 0) is 15.6 Å². The quantitative estimate of drug-likeness (QED) is 0.798. The molecule has 0 heterocycles. The maximum Gasteiger partial charge on any atom is 0.145 e. The van der Waals surface area contributed by atoms with E-state index in [1.165, 1.54) is 0 Å². The molecule has 1 unspecified atom stereocenters. The molecule has 0 N–H and O–H groups in total. The molecule has 0 fully saturated rings. The Morgan fingerprint density at radius 1 is 1.40 bits per heavy atom. The highest BCUT2D eigenvalue weighted by molar-refractivity contribution is 7.85. The first kappa shape index (κ1) is 12.4. The van der Waals surface area contributed by atoms with Crippen LogP contribution < -0.4 is 0 Å². The van der Waals surface area contributed by atoms with Crippen molar-refractivity contribution in [2.75, 3.05) is 5.75 Å². The number of halogens is 1. The Bertz CT molecular complexity index is 377. The van der Waals surface area contributed by atoms with Gasteiger partial charge in [0.05, 0.1) is 26.5 Å². The number of benzene rings is 1. The molecule has 0 amide bonds. The first-order valence-corrected chi connectivity index (χ1v) is 6.49. The van der Waals surface area contributed by atoms with Crippen molar-refractivity contribution in [2.24, 2.45) is 0 Å². The molecule has 0 aliphatic rings. The topological polar surface area (TPSA) is 34.1 Å². The zero-order valence-corrected chi connectivity index (χ0v) is 10.1.